The number of hydrogen-bond donors (Lipinski definition) is 2. The molecular formula is C26H47BF6N2O3. The van der Waals surface area contributed by atoms with Crippen molar-refractivity contribution in [2.24, 2.45) is 0 Å². The van der Waals surface area contributed by atoms with Crippen molar-refractivity contribution in [3.8, 4) is 5.75 Å². The molecule has 1 rings (SSSR count). The van der Waals surface area contributed by atoms with Crippen LogP contribution in [0.5, 0.6) is 5.75 Å². The van der Waals surface area contributed by atoms with Crippen molar-refractivity contribution in [1.82, 2.24) is 9.80 Å². The molecule has 0 aromatic heterocycles. The predicted molar refractivity (Wildman–Crippen MR) is 142 cm³/mol. The average Bonchev–Trinajstić information content (AvgIpc) is 2.79. The third kappa shape index (κ3) is 19.6. The maximum Gasteiger partial charge on any atom is 0.707 e. The Morgan fingerprint density at radius 3 is 1.03 bits per heavy atom. The quantitative estimate of drug-likeness (QED) is 0.188. The van der Waals surface area contributed by atoms with Gasteiger partial charge in [0.05, 0.1) is 11.1 Å². The molecule has 0 radical (unpaired) electrons. The molecule has 1 aromatic carbocycles. The summed E-state index contributed by atoms with van der Waals surface area (Å²) >= 11 is 0. The highest BCUT2D eigenvalue weighted by molar-refractivity contribution is 6.33. The molecule has 0 aliphatic heterocycles. The molecule has 0 bridgehead atoms. The third-order valence-electron chi connectivity index (χ3n) is 5.04. The molecule has 0 spiro atoms. The number of nitrogens with zero attached hydrogens (tertiary/aromatic N) is 2. The predicted octanol–water partition coefficient (Wildman–Crippen LogP) is 7.11. The van der Waals surface area contributed by atoms with Gasteiger partial charge in [-0.15, -0.1) is 0 Å². The van der Waals surface area contributed by atoms with Crippen LogP contribution in [0.25, 0.3) is 0 Å². The van der Waals surface area contributed by atoms with Crippen LogP contribution in [0.1, 0.15) is 91.2 Å². The van der Waals surface area contributed by atoms with E-state index in [-0.39, 0.29) is 18.2 Å². The summed E-state index contributed by atoms with van der Waals surface area (Å²) < 4.78 is 78.0. The second-order valence-electron chi connectivity index (χ2n) is 8.87. The van der Waals surface area contributed by atoms with Gasteiger partial charge in [0.15, 0.2) is 0 Å². The molecule has 0 heterocycles. The molecule has 1 aromatic rings. The van der Waals surface area contributed by atoms with Gasteiger partial charge in [-0.25, -0.2) is 0 Å². The Hall–Kier alpha value is -1.50. The summed E-state index contributed by atoms with van der Waals surface area (Å²) in [6, 6.07) is 0.361. The largest absolute Gasteiger partial charge is 0.707 e. The van der Waals surface area contributed by atoms with E-state index in [4.69, 9.17) is 10.0 Å². The van der Waals surface area contributed by atoms with Crippen molar-refractivity contribution in [2.45, 2.75) is 92.4 Å². The van der Waals surface area contributed by atoms with Crippen LogP contribution in [0.2, 0.25) is 0 Å². The van der Waals surface area contributed by atoms with Crippen LogP contribution in [0.3, 0.4) is 0 Å². The van der Waals surface area contributed by atoms with E-state index in [1.165, 1.54) is 77.8 Å². The molecule has 0 atom stereocenters. The average molecular weight is 560 g/mol. The number of hydrogen-bond acceptors (Lipinski definition) is 5. The second kappa shape index (κ2) is 21.3. The van der Waals surface area contributed by atoms with Gasteiger partial charge in [0.2, 0.25) is 0 Å². The summed E-state index contributed by atoms with van der Waals surface area (Å²) in [4.78, 5) is 5.08. The summed E-state index contributed by atoms with van der Waals surface area (Å²) in [5.74, 6) is -0.952. The third-order valence-corrected chi connectivity index (χ3v) is 5.04. The van der Waals surface area contributed by atoms with Gasteiger partial charge >= 0.3 is 19.7 Å². The van der Waals surface area contributed by atoms with Crippen molar-refractivity contribution >= 4 is 7.32 Å². The molecule has 0 aliphatic rings. The Balaban J connectivity index is 0. The van der Waals surface area contributed by atoms with Gasteiger partial charge in [-0.2, -0.15) is 26.3 Å². The summed E-state index contributed by atoms with van der Waals surface area (Å²) in [6.07, 6.45) is -2.28. The molecular weight excluding hydrogens is 513 g/mol. The normalized spacial score (nSPS) is 11.6. The fourth-order valence-electron chi connectivity index (χ4n) is 3.68. The minimum Gasteiger partial charge on any atom is -0.512 e. The van der Waals surface area contributed by atoms with Gasteiger partial charge in [-0.05, 0) is 96.0 Å². The highest BCUT2D eigenvalue weighted by Crippen LogP contribution is 2.38. The van der Waals surface area contributed by atoms with Crippen LogP contribution in [-0.2, 0) is 12.4 Å². The Morgan fingerprint density at radius 2 is 0.842 bits per heavy atom. The molecule has 0 aliphatic carbocycles. The smallest absolute Gasteiger partial charge is 0.512 e. The van der Waals surface area contributed by atoms with E-state index >= 15 is 0 Å². The highest BCUT2D eigenvalue weighted by atomic mass is 19.4. The summed E-state index contributed by atoms with van der Waals surface area (Å²) in [7, 11) is -2.52. The summed E-state index contributed by atoms with van der Waals surface area (Å²) in [5, 5.41) is 16.7. The van der Waals surface area contributed by atoms with Gasteiger partial charge in [0, 0.05) is 0 Å². The van der Waals surface area contributed by atoms with Crippen LogP contribution >= 0.6 is 0 Å². The lowest BCUT2D eigenvalue weighted by atomic mass is 10.1. The van der Waals surface area contributed by atoms with E-state index in [9.17, 15) is 26.3 Å². The van der Waals surface area contributed by atoms with E-state index in [0.29, 0.717) is 0 Å². The SMILES string of the molecule is CCCN(CCC)CCC.CCCN(CCC)CCC.OB(O)Oc1cc(C(F)(F)F)cc(C(F)(F)F)c1. The van der Waals surface area contributed by atoms with Crippen molar-refractivity contribution in [1.29, 1.82) is 0 Å². The minimum atomic E-state index is -5.01. The van der Waals surface area contributed by atoms with Gasteiger partial charge < -0.3 is 24.5 Å². The van der Waals surface area contributed by atoms with E-state index in [0.717, 1.165) is 0 Å². The Kier molecular flexibility index (Phi) is 21.7. The monoisotopic (exact) mass is 560 g/mol. The van der Waals surface area contributed by atoms with Gasteiger partial charge in [-0.1, -0.05) is 41.5 Å². The fraction of sp³-hybridized carbons (Fsp3) is 0.769. The molecule has 5 nitrogen and oxygen atoms in total. The molecule has 0 saturated heterocycles. The molecule has 2 N–H and O–H groups in total. The Morgan fingerprint density at radius 1 is 0.579 bits per heavy atom. The van der Waals surface area contributed by atoms with E-state index in [2.05, 4.69) is 56.0 Å². The van der Waals surface area contributed by atoms with Crippen LogP contribution in [-0.4, -0.2) is 66.4 Å². The van der Waals surface area contributed by atoms with Crippen molar-refractivity contribution in [2.75, 3.05) is 39.3 Å². The Labute approximate surface area is 225 Å². The standard InChI is InChI=1S/2C9H21N.C8H5BF6O3/c2*1-4-7-10(8-5-2)9-6-3;10-7(11,12)4-1-5(8(13,14)15)3-6(2-4)18-9(16)17/h2*4-9H2,1-3H3;1-3,16-17H. The van der Waals surface area contributed by atoms with Crippen LogP contribution in [0, 0.1) is 0 Å². The zero-order valence-corrected chi connectivity index (χ0v) is 23.8. The topological polar surface area (TPSA) is 56.2 Å². The molecule has 0 saturated carbocycles. The maximum atomic E-state index is 12.3. The maximum absolute atomic E-state index is 12.3. The number of rotatable bonds is 14. The van der Waals surface area contributed by atoms with Crippen LogP contribution in [0.15, 0.2) is 18.2 Å². The first-order valence-corrected chi connectivity index (χ1v) is 13.5. The van der Waals surface area contributed by atoms with Crippen molar-refractivity contribution in [3.63, 3.8) is 0 Å². The minimum absolute atomic E-state index is 0.101. The van der Waals surface area contributed by atoms with Crippen molar-refractivity contribution < 1.29 is 41.0 Å². The van der Waals surface area contributed by atoms with Gasteiger partial charge in [0.25, 0.3) is 0 Å². The lowest BCUT2D eigenvalue weighted by molar-refractivity contribution is -0.143. The van der Waals surface area contributed by atoms with E-state index in [1.807, 2.05) is 0 Å². The molecule has 0 unspecified atom stereocenters. The molecule has 224 valence electrons. The van der Waals surface area contributed by atoms with Crippen LogP contribution in [0.4, 0.5) is 26.3 Å². The van der Waals surface area contributed by atoms with Crippen LogP contribution < -0.4 is 4.65 Å². The summed E-state index contributed by atoms with van der Waals surface area (Å²) in [5.41, 5.74) is -3.21. The van der Waals surface area contributed by atoms with E-state index in [1.54, 1.807) is 0 Å². The highest BCUT2D eigenvalue weighted by Gasteiger charge is 2.37. The first-order valence-electron chi connectivity index (χ1n) is 13.5. The second-order valence-corrected chi connectivity index (χ2v) is 8.87. The number of halogens is 6. The molecule has 0 amide bonds. The molecule has 0 fully saturated rings. The zero-order valence-electron chi connectivity index (χ0n) is 23.8. The summed E-state index contributed by atoms with van der Waals surface area (Å²) in [6.45, 7) is 21.2. The Bertz CT molecular complexity index is 628. The van der Waals surface area contributed by atoms with Gasteiger partial charge in [-0.3, -0.25) is 0 Å². The van der Waals surface area contributed by atoms with E-state index < -0.39 is 36.6 Å². The molecule has 38 heavy (non-hydrogen) atoms. The zero-order chi connectivity index (χ0) is 29.8. The fourth-order valence-corrected chi connectivity index (χ4v) is 3.68. The lowest BCUT2D eigenvalue weighted by Gasteiger charge is -2.19. The number of benzene rings is 1. The first-order chi connectivity index (χ1) is 17.7. The number of alkyl halides is 6. The molecule has 12 heteroatoms. The van der Waals surface area contributed by atoms with Crippen molar-refractivity contribution in [3.05, 3.63) is 29.3 Å². The lowest BCUT2D eigenvalue weighted by Crippen LogP contribution is -2.26. The van der Waals surface area contributed by atoms with Gasteiger partial charge in [0.1, 0.15) is 5.75 Å². The first kappa shape index (κ1) is 38.7.